The Bertz CT molecular complexity index is 1380. The van der Waals surface area contributed by atoms with Gasteiger partial charge in [-0.3, -0.25) is 14.3 Å². The Kier molecular flexibility index (Phi) is 7.57. The molecule has 3 atom stereocenters. The van der Waals surface area contributed by atoms with Crippen molar-refractivity contribution in [2.45, 2.75) is 37.8 Å². The van der Waals surface area contributed by atoms with E-state index in [1.165, 1.54) is 0 Å². The van der Waals surface area contributed by atoms with Gasteiger partial charge in [-0.1, -0.05) is 97.1 Å². The Morgan fingerprint density at radius 2 is 1.37 bits per heavy atom. The van der Waals surface area contributed by atoms with Gasteiger partial charge in [0, 0.05) is 17.8 Å². The second-order valence-corrected chi connectivity index (χ2v) is 10.2. The normalized spacial score (nSPS) is 19.3. The average Bonchev–Trinajstić information content (AvgIpc) is 3.35. The number of ether oxygens (including phenoxy) is 1. The molecule has 1 saturated carbocycles. The van der Waals surface area contributed by atoms with E-state index in [0.717, 1.165) is 36.0 Å². The van der Waals surface area contributed by atoms with Gasteiger partial charge in [0.05, 0.1) is 6.61 Å². The topological polar surface area (TPSA) is 64.1 Å². The van der Waals surface area contributed by atoms with Crippen LogP contribution in [0.4, 0.5) is 0 Å². The monoisotopic (exact) mass is 506 g/mol. The summed E-state index contributed by atoms with van der Waals surface area (Å²) in [5, 5.41) is 0. The predicted molar refractivity (Wildman–Crippen MR) is 151 cm³/mol. The van der Waals surface area contributed by atoms with E-state index in [2.05, 4.69) is 84.4 Å². The minimum Gasteiger partial charge on any atom is -0.361 e. The summed E-state index contributed by atoms with van der Waals surface area (Å²) >= 11 is 0. The van der Waals surface area contributed by atoms with E-state index in [0.29, 0.717) is 18.1 Å². The Labute approximate surface area is 223 Å². The molecule has 5 rings (SSSR count). The SMILES string of the molecule is C=CC[C@H]1C[C@H](n2cc(C)c(=O)[nH]c2=O)C[C@@H]1COC(c1ccccc1)(c1ccccc1)c1ccccc1. The van der Waals surface area contributed by atoms with Gasteiger partial charge in [-0.05, 0) is 54.7 Å². The van der Waals surface area contributed by atoms with Crippen molar-refractivity contribution >= 4 is 0 Å². The highest BCUT2D eigenvalue weighted by Gasteiger charge is 2.41. The summed E-state index contributed by atoms with van der Waals surface area (Å²) in [6.07, 6.45) is 6.12. The zero-order valence-corrected chi connectivity index (χ0v) is 21.8. The lowest BCUT2D eigenvalue weighted by molar-refractivity contribution is -0.0152. The molecule has 5 heteroatoms. The number of aromatic nitrogens is 2. The smallest absolute Gasteiger partial charge is 0.328 e. The molecule has 0 unspecified atom stereocenters. The molecule has 1 aliphatic rings. The zero-order valence-electron chi connectivity index (χ0n) is 21.8. The summed E-state index contributed by atoms with van der Waals surface area (Å²) in [5.41, 5.74) is 2.29. The summed E-state index contributed by atoms with van der Waals surface area (Å²) in [7, 11) is 0. The van der Waals surface area contributed by atoms with Crippen LogP contribution in [0.3, 0.4) is 0 Å². The van der Waals surface area contributed by atoms with Gasteiger partial charge in [0.1, 0.15) is 5.60 Å². The highest BCUT2D eigenvalue weighted by molar-refractivity contribution is 5.47. The van der Waals surface area contributed by atoms with Crippen LogP contribution in [0, 0.1) is 18.8 Å². The molecule has 4 aromatic rings. The molecule has 1 aliphatic carbocycles. The van der Waals surface area contributed by atoms with E-state index < -0.39 is 5.60 Å². The Morgan fingerprint density at radius 3 is 1.87 bits per heavy atom. The minimum absolute atomic E-state index is 0.00354. The fourth-order valence-electron chi connectivity index (χ4n) is 5.97. The predicted octanol–water partition coefficient (Wildman–Crippen LogP) is 6.00. The average molecular weight is 507 g/mol. The number of nitrogens with one attached hydrogen (secondary N) is 1. The van der Waals surface area contributed by atoms with Crippen molar-refractivity contribution in [1.82, 2.24) is 9.55 Å². The minimum atomic E-state index is -0.786. The van der Waals surface area contributed by atoms with Crippen molar-refractivity contribution in [3.05, 3.63) is 153 Å². The van der Waals surface area contributed by atoms with Crippen molar-refractivity contribution in [2.24, 2.45) is 11.8 Å². The van der Waals surface area contributed by atoms with Crippen LogP contribution < -0.4 is 11.2 Å². The third-order valence-electron chi connectivity index (χ3n) is 7.88. The number of aromatic amines is 1. The van der Waals surface area contributed by atoms with Crippen LogP contribution in [0.1, 0.15) is 47.6 Å². The molecule has 1 fully saturated rings. The second-order valence-electron chi connectivity index (χ2n) is 10.2. The largest absolute Gasteiger partial charge is 0.361 e. The van der Waals surface area contributed by atoms with Crippen LogP contribution in [0.5, 0.6) is 0 Å². The van der Waals surface area contributed by atoms with Crippen LogP contribution in [-0.4, -0.2) is 16.2 Å². The van der Waals surface area contributed by atoms with Gasteiger partial charge in [-0.2, -0.15) is 0 Å². The van der Waals surface area contributed by atoms with E-state index in [1.807, 2.05) is 24.3 Å². The summed E-state index contributed by atoms with van der Waals surface area (Å²) in [6, 6.07) is 31.1. The van der Waals surface area contributed by atoms with Gasteiger partial charge >= 0.3 is 5.69 Å². The maximum Gasteiger partial charge on any atom is 0.328 e. The molecule has 194 valence electrons. The summed E-state index contributed by atoms with van der Waals surface area (Å²) in [6.45, 7) is 6.25. The molecule has 1 N–H and O–H groups in total. The van der Waals surface area contributed by atoms with Gasteiger partial charge < -0.3 is 4.74 Å². The Balaban J connectivity index is 1.53. The second kappa shape index (κ2) is 11.2. The van der Waals surface area contributed by atoms with E-state index in [1.54, 1.807) is 17.7 Å². The van der Waals surface area contributed by atoms with Crippen LogP contribution >= 0.6 is 0 Å². The van der Waals surface area contributed by atoms with Gasteiger partial charge in [0.25, 0.3) is 5.56 Å². The summed E-state index contributed by atoms with van der Waals surface area (Å²) < 4.78 is 8.83. The summed E-state index contributed by atoms with van der Waals surface area (Å²) in [4.78, 5) is 27.1. The van der Waals surface area contributed by atoms with Gasteiger partial charge in [-0.25, -0.2) is 4.79 Å². The van der Waals surface area contributed by atoms with Gasteiger partial charge in [0.2, 0.25) is 0 Å². The maximum absolute atomic E-state index is 12.7. The molecule has 1 aromatic heterocycles. The quantitative estimate of drug-likeness (QED) is 0.224. The molecule has 0 radical (unpaired) electrons. The third kappa shape index (κ3) is 4.94. The van der Waals surface area contributed by atoms with Crippen LogP contribution in [0.25, 0.3) is 0 Å². The lowest BCUT2D eigenvalue weighted by atomic mass is 9.80. The number of hydrogen-bond donors (Lipinski definition) is 1. The highest BCUT2D eigenvalue weighted by Crippen LogP contribution is 2.45. The van der Waals surface area contributed by atoms with E-state index in [9.17, 15) is 9.59 Å². The van der Waals surface area contributed by atoms with Crippen molar-refractivity contribution in [3.8, 4) is 0 Å². The number of benzene rings is 3. The van der Waals surface area contributed by atoms with E-state index in [-0.39, 0.29) is 23.2 Å². The Hall–Kier alpha value is -3.96. The molecule has 3 aromatic carbocycles. The van der Waals surface area contributed by atoms with E-state index >= 15 is 0 Å². The lowest BCUT2D eigenvalue weighted by Gasteiger charge is -2.37. The van der Waals surface area contributed by atoms with Gasteiger partial charge in [-0.15, -0.1) is 6.58 Å². The molecule has 38 heavy (non-hydrogen) atoms. The highest BCUT2D eigenvalue weighted by atomic mass is 16.5. The number of nitrogens with zero attached hydrogens (tertiary/aromatic N) is 1. The standard InChI is InChI=1S/C33H34N2O3/c1-3-13-25-20-30(35-22-24(2)31(36)34-32(35)37)21-26(25)23-38-33(27-14-7-4-8-15-27,28-16-9-5-10-17-28)29-18-11-6-12-19-29/h3-12,14-19,22,25-26,30H,1,13,20-21,23H2,2H3,(H,34,36,37)/t25-,26+,30-/m0/s1. The van der Waals surface area contributed by atoms with Crippen LogP contribution in [-0.2, 0) is 10.3 Å². The fourth-order valence-corrected chi connectivity index (χ4v) is 5.97. The van der Waals surface area contributed by atoms with Crippen molar-refractivity contribution < 1.29 is 4.74 Å². The first-order valence-electron chi connectivity index (χ1n) is 13.3. The molecule has 0 saturated heterocycles. The van der Waals surface area contributed by atoms with Gasteiger partial charge in [0.15, 0.2) is 0 Å². The molecule has 5 nitrogen and oxygen atoms in total. The number of H-pyrrole nitrogens is 1. The molecule has 1 heterocycles. The molecule has 0 bridgehead atoms. The van der Waals surface area contributed by atoms with Crippen LogP contribution in [0.15, 0.2) is 119 Å². The fraction of sp³-hybridized carbons (Fsp3) is 0.273. The van der Waals surface area contributed by atoms with Crippen molar-refractivity contribution in [3.63, 3.8) is 0 Å². The molecule has 0 spiro atoms. The number of hydrogen-bond acceptors (Lipinski definition) is 3. The summed E-state index contributed by atoms with van der Waals surface area (Å²) in [5.74, 6) is 0.532. The van der Waals surface area contributed by atoms with Crippen LogP contribution in [0.2, 0.25) is 0 Å². The maximum atomic E-state index is 12.7. The number of allylic oxidation sites excluding steroid dienone is 1. The number of aryl methyl sites for hydroxylation is 1. The molecule has 0 aliphatic heterocycles. The van der Waals surface area contributed by atoms with E-state index in [4.69, 9.17) is 4.74 Å². The Morgan fingerprint density at radius 1 is 0.868 bits per heavy atom. The molecule has 0 amide bonds. The van der Waals surface area contributed by atoms with Crippen molar-refractivity contribution in [1.29, 1.82) is 0 Å². The third-order valence-corrected chi connectivity index (χ3v) is 7.88. The first-order valence-corrected chi connectivity index (χ1v) is 13.3. The lowest BCUT2D eigenvalue weighted by Crippen LogP contribution is -2.35. The first-order chi connectivity index (χ1) is 18.5. The zero-order chi connectivity index (χ0) is 26.5. The van der Waals surface area contributed by atoms with Crippen molar-refractivity contribution in [2.75, 3.05) is 6.61 Å². The first kappa shape index (κ1) is 25.7. The molecular formula is C33H34N2O3. The molecular weight excluding hydrogens is 472 g/mol. The number of rotatable bonds is 9.